The van der Waals surface area contributed by atoms with Crippen molar-refractivity contribution in [2.75, 3.05) is 5.88 Å². The molecule has 0 unspecified atom stereocenters. The highest BCUT2D eigenvalue weighted by atomic mass is 35.5. The normalized spacial score (nSPS) is 11.2. The van der Waals surface area contributed by atoms with Gasteiger partial charge in [0.1, 0.15) is 17.2 Å². The van der Waals surface area contributed by atoms with E-state index in [1.807, 2.05) is 6.07 Å². The summed E-state index contributed by atoms with van der Waals surface area (Å²) in [5.41, 5.74) is 1.62. The second-order valence-electron chi connectivity index (χ2n) is 4.24. The summed E-state index contributed by atoms with van der Waals surface area (Å²) in [6.45, 7) is 0. The highest BCUT2D eigenvalue weighted by Gasteiger charge is 2.16. The number of fused-ring (bicyclic) bond motifs is 1. The molecule has 3 aromatic rings. The molecule has 0 spiro atoms. The number of aryl methyl sites for hydroxylation is 1. The highest BCUT2D eigenvalue weighted by molar-refractivity contribution is 6.30. The number of hydrogen-bond acceptors (Lipinski definition) is 2. The summed E-state index contributed by atoms with van der Waals surface area (Å²) in [4.78, 5) is 8.73. The van der Waals surface area contributed by atoms with Crippen molar-refractivity contribution in [2.45, 2.75) is 6.42 Å². The maximum Gasteiger partial charge on any atom is 0.164 e. The van der Waals surface area contributed by atoms with Crippen LogP contribution in [0.2, 0.25) is 5.02 Å². The quantitative estimate of drug-likeness (QED) is 0.685. The number of benzene rings is 1. The molecule has 1 aromatic carbocycles. The molecule has 0 saturated heterocycles. The van der Waals surface area contributed by atoms with Crippen molar-refractivity contribution in [3.05, 3.63) is 53.2 Å². The topological polar surface area (TPSA) is 30.7 Å². The molecule has 3 rings (SSSR count). The van der Waals surface area contributed by atoms with E-state index >= 15 is 0 Å². The van der Waals surface area contributed by atoms with E-state index in [0.717, 1.165) is 0 Å². The lowest BCUT2D eigenvalue weighted by atomic mass is 10.3. The number of imidazole rings is 1. The Hall–Kier alpha value is -1.65. The van der Waals surface area contributed by atoms with Gasteiger partial charge in [0.25, 0.3) is 0 Å². The Bertz CT molecular complexity index is 770. The first-order valence-electron chi connectivity index (χ1n) is 6.04. The maximum absolute atomic E-state index is 14.1. The van der Waals surface area contributed by atoms with Crippen LogP contribution >= 0.6 is 23.2 Å². The molecule has 102 valence electrons. The molecule has 3 nitrogen and oxygen atoms in total. The van der Waals surface area contributed by atoms with Crippen LogP contribution in [-0.2, 0) is 6.42 Å². The van der Waals surface area contributed by atoms with Gasteiger partial charge in [0, 0.05) is 23.5 Å². The number of pyridine rings is 1. The van der Waals surface area contributed by atoms with Gasteiger partial charge < -0.3 is 0 Å². The van der Waals surface area contributed by atoms with E-state index in [4.69, 9.17) is 23.2 Å². The first-order valence-corrected chi connectivity index (χ1v) is 6.95. The summed E-state index contributed by atoms with van der Waals surface area (Å²) in [6.07, 6.45) is 2.16. The molecule has 2 heterocycles. The third-order valence-electron chi connectivity index (χ3n) is 2.95. The summed E-state index contributed by atoms with van der Waals surface area (Å²) < 4.78 is 15.8. The van der Waals surface area contributed by atoms with Crippen LogP contribution in [0, 0.1) is 5.82 Å². The summed E-state index contributed by atoms with van der Waals surface area (Å²) in [5, 5.41) is 0.455. The monoisotopic (exact) mass is 309 g/mol. The van der Waals surface area contributed by atoms with Crippen LogP contribution in [0.1, 0.15) is 5.82 Å². The Morgan fingerprint density at radius 3 is 2.90 bits per heavy atom. The van der Waals surface area contributed by atoms with E-state index in [-0.39, 0.29) is 5.82 Å². The zero-order valence-electron chi connectivity index (χ0n) is 10.4. The molecule has 6 heteroatoms. The average molecular weight is 310 g/mol. The molecule has 0 atom stereocenters. The van der Waals surface area contributed by atoms with Crippen LogP contribution in [0.4, 0.5) is 4.39 Å². The number of alkyl halides is 1. The molecule has 0 N–H and O–H groups in total. The predicted octanol–water partition coefficient (Wildman–Crippen LogP) is 3.99. The van der Waals surface area contributed by atoms with Crippen LogP contribution in [0.5, 0.6) is 0 Å². The van der Waals surface area contributed by atoms with E-state index in [1.165, 1.54) is 12.1 Å². The summed E-state index contributed by atoms with van der Waals surface area (Å²) in [6, 6.07) is 8.02. The standard InChI is InChI=1S/C14H10Cl2FN3/c15-6-5-13-19-11-2-1-7-18-14(11)20(13)12-8-9(16)3-4-10(12)17/h1-4,7-8H,5-6H2. The van der Waals surface area contributed by atoms with Crippen molar-refractivity contribution in [3.63, 3.8) is 0 Å². The van der Waals surface area contributed by atoms with Gasteiger partial charge in [0.05, 0.1) is 5.69 Å². The van der Waals surface area contributed by atoms with Crippen LogP contribution in [-0.4, -0.2) is 20.4 Å². The fourth-order valence-corrected chi connectivity index (χ4v) is 2.46. The van der Waals surface area contributed by atoms with Gasteiger partial charge in [-0.2, -0.15) is 0 Å². The molecule has 0 amide bonds. The summed E-state index contributed by atoms with van der Waals surface area (Å²) in [7, 11) is 0. The van der Waals surface area contributed by atoms with E-state index in [9.17, 15) is 4.39 Å². The second kappa shape index (κ2) is 5.38. The largest absolute Gasteiger partial charge is 0.278 e. The Labute approximate surface area is 125 Å². The van der Waals surface area contributed by atoms with Crippen molar-refractivity contribution in [2.24, 2.45) is 0 Å². The molecular formula is C14H10Cl2FN3. The average Bonchev–Trinajstić information content (AvgIpc) is 2.80. The molecule has 0 radical (unpaired) electrons. The highest BCUT2D eigenvalue weighted by Crippen LogP contribution is 2.25. The fourth-order valence-electron chi connectivity index (χ4n) is 2.12. The Morgan fingerprint density at radius 1 is 1.25 bits per heavy atom. The van der Waals surface area contributed by atoms with Crippen molar-refractivity contribution < 1.29 is 4.39 Å². The first-order chi connectivity index (χ1) is 9.70. The molecule has 0 aliphatic carbocycles. The van der Waals surface area contributed by atoms with Crippen molar-refractivity contribution in [3.8, 4) is 5.69 Å². The fraction of sp³-hybridized carbons (Fsp3) is 0.143. The lowest BCUT2D eigenvalue weighted by Gasteiger charge is -2.09. The lowest BCUT2D eigenvalue weighted by molar-refractivity contribution is 0.616. The Morgan fingerprint density at radius 2 is 2.10 bits per heavy atom. The lowest BCUT2D eigenvalue weighted by Crippen LogP contribution is -2.05. The molecule has 0 saturated carbocycles. The van der Waals surface area contributed by atoms with Gasteiger partial charge in [-0.05, 0) is 30.3 Å². The van der Waals surface area contributed by atoms with Gasteiger partial charge in [-0.1, -0.05) is 11.6 Å². The van der Waals surface area contributed by atoms with Gasteiger partial charge in [-0.15, -0.1) is 11.6 Å². The molecule has 0 bridgehead atoms. The van der Waals surface area contributed by atoms with Crippen molar-refractivity contribution in [1.29, 1.82) is 0 Å². The Kier molecular flexibility index (Phi) is 3.59. The summed E-state index contributed by atoms with van der Waals surface area (Å²) >= 11 is 11.8. The molecule has 0 aliphatic heterocycles. The maximum atomic E-state index is 14.1. The number of hydrogen-bond donors (Lipinski definition) is 0. The SMILES string of the molecule is Fc1ccc(Cl)cc1-n1c(CCCl)nc2cccnc21. The minimum atomic E-state index is -0.379. The van der Waals surface area contributed by atoms with Crippen LogP contribution < -0.4 is 0 Å². The number of aromatic nitrogens is 3. The number of nitrogens with zero attached hydrogens (tertiary/aromatic N) is 3. The zero-order chi connectivity index (χ0) is 14.1. The third-order valence-corrected chi connectivity index (χ3v) is 3.38. The smallest absolute Gasteiger partial charge is 0.164 e. The van der Waals surface area contributed by atoms with Crippen molar-refractivity contribution >= 4 is 34.4 Å². The molecule has 20 heavy (non-hydrogen) atoms. The first kappa shape index (κ1) is 13.3. The zero-order valence-corrected chi connectivity index (χ0v) is 11.9. The molecule has 0 fully saturated rings. The molecule has 2 aromatic heterocycles. The minimum absolute atomic E-state index is 0.332. The van der Waals surface area contributed by atoms with E-state index in [0.29, 0.717) is 40.0 Å². The minimum Gasteiger partial charge on any atom is -0.278 e. The predicted molar refractivity (Wildman–Crippen MR) is 78.3 cm³/mol. The van der Waals surface area contributed by atoms with Gasteiger partial charge >= 0.3 is 0 Å². The Balaban J connectivity index is 2.33. The van der Waals surface area contributed by atoms with Crippen LogP contribution in [0.3, 0.4) is 0 Å². The van der Waals surface area contributed by atoms with Gasteiger partial charge in [0.2, 0.25) is 0 Å². The molecular weight excluding hydrogens is 300 g/mol. The van der Waals surface area contributed by atoms with Gasteiger partial charge in [0.15, 0.2) is 5.65 Å². The van der Waals surface area contributed by atoms with Gasteiger partial charge in [-0.3, -0.25) is 4.57 Å². The van der Waals surface area contributed by atoms with Crippen molar-refractivity contribution in [1.82, 2.24) is 14.5 Å². The number of halogens is 3. The van der Waals surface area contributed by atoms with E-state index in [1.54, 1.807) is 22.9 Å². The summed E-state index contributed by atoms with van der Waals surface area (Å²) in [5.74, 6) is 0.677. The van der Waals surface area contributed by atoms with Crippen LogP contribution in [0.15, 0.2) is 36.5 Å². The molecule has 0 aliphatic rings. The van der Waals surface area contributed by atoms with E-state index in [2.05, 4.69) is 9.97 Å². The third kappa shape index (κ3) is 2.25. The van der Waals surface area contributed by atoms with E-state index < -0.39 is 0 Å². The van der Waals surface area contributed by atoms with Gasteiger partial charge in [-0.25, -0.2) is 14.4 Å². The number of rotatable bonds is 3. The van der Waals surface area contributed by atoms with Crippen LogP contribution in [0.25, 0.3) is 16.9 Å². The second-order valence-corrected chi connectivity index (χ2v) is 5.06.